The normalized spacial score (nSPS) is 19.0. The van der Waals surface area contributed by atoms with Crippen LogP contribution in [-0.2, 0) is 24.4 Å². The molecule has 0 saturated carbocycles. The van der Waals surface area contributed by atoms with Crippen molar-refractivity contribution in [2.45, 2.75) is 49.3 Å². The van der Waals surface area contributed by atoms with Gasteiger partial charge in [0, 0.05) is 51.9 Å². The molecule has 0 bridgehead atoms. The minimum atomic E-state index is -4.20. The molecule has 0 radical (unpaired) electrons. The van der Waals surface area contributed by atoms with Crippen LogP contribution in [0.2, 0.25) is 5.02 Å². The van der Waals surface area contributed by atoms with Crippen molar-refractivity contribution in [1.82, 2.24) is 0 Å². The number of allylic oxidation sites excluding steroid dienone is 4. The number of halogens is 2. The fourth-order valence-electron chi connectivity index (χ4n) is 4.72. The summed E-state index contributed by atoms with van der Waals surface area (Å²) < 4.78 is 38.5. The monoisotopic (exact) mass is 562 g/mol. The predicted octanol–water partition coefficient (Wildman–Crippen LogP) is 6.00. The first-order valence-corrected chi connectivity index (χ1v) is 13.5. The van der Waals surface area contributed by atoms with Crippen molar-refractivity contribution < 1.29 is 26.9 Å². The zero-order chi connectivity index (χ0) is 24.0. The van der Waals surface area contributed by atoms with E-state index in [1.165, 1.54) is 30.3 Å². The zero-order valence-corrected chi connectivity index (χ0v) is 21.1. The Balaban J connectivity index is 1.67. The summed E-state index contributed by atoms with van der Waals surface area (Å²) in [4.78, 5) is 26.1. The van der Waals surface area contributed by atoms with E-state index in [1.54, 1.807) is 12.1 Å². The van der Waals surface area contributed by atoms with Gasteiger partial charge in [-0.15, -0.1) is 0 Å². The molecule has 0 N–H and O–H groups in total. The first-order valence-electron chi connectivity index (χ1n) is 10.9. The molecule has 0 atom stereocenters. The maximum Gasteiger partial charge on any atom is 0.339 e. The standard InChI is InChI=1S/C25H20BrClO6S/c26-14-7-12-20(33-34(30,31)16-10-8-15(27)9-11-16)17(13-14)23-24-18(28)3-1-5-21(24)32-22-6-2-4-19(29)25(22)23/h7-13,23H,1-6H2. The van der Waals surface area contributed by atoms with E-state index in [9.17, 15) is 18.0 Å². The molecule has 34 heavy (non-hydrogen) atoms. The first-order chi connectivity index (χ1) is 16.2. The smallest absolute Gasteiger partial charge is 0.339 e. The van der Waals surface area contributed by atoms with Crippen LogP contribution in [0.3, 0.4) is 0 Å². The maximum absolute atomic E-state index is 13.1. The molecular weight excluding hydrogens is 544 g/mol. The lowest BCUT2D eigenvalue weighted by molar-refractivity contribution is -0.117. The highest BCUT2D eigenvalue weighted by molar-refractivity contribution is 9.10. The van der Waals surface area contributed by atoms with Crippen LogP contribution in [0.25, 0.3) is 0 Å². The highest BCUT2D eigenvalue weighted by Crippen LogP contribution is 2.50. The number of hydrogen-bond acceptors (Lipinski definition) is 6. The molecule has 6 nitrogen and oxygen atoms in total. The van der Waals surface area contributed by atoms with E-state index in [1.807, 2.05) is 0 Å². The molecule has 0 spiro atoms. The van der Waals surface area contributed by atoms with Crippen molar-refractivity contribution in [1.29, 1.82) is 0 Å². The fourth-order valence-corrected chi connectivity index (χ4v) is 6.18. The Labute approximate surface area is 210 Å². The van der Waals surface area contributed by atoms with E-state index in [4.69, 9.17) is 20.5 Å². The minimum absolute atomic E-state index is 0.0555. The molecule has 1 aliphatic heterocycles. The molecular formula is C25H20BrClO6S. The van der Waals surface area contributed by atoms with Gasteiger partial charge in [0.15, 0.2) is 11.6 Å². The fraction of sp³-hybridized carbons (Fsp3) is 0.280. The van der Waals surface area contributed by atoms with Gasteiger partial charge in [0.2, 0.25) is 0 Å². The number of carbonyl (C=O) groups is 2. The number of Topliss-reactive ketones (excluding diaryl/α,β-unsaturated/α-hetero) is 2. The summed E-state index contributed by atoms with van der Waals surface area (Å²) in [5.74, 6) is 0.264. The van der Waals surface area contributed by atoms with E-state index in [2.05, 4.69) is 15.9 Å². The van der Waals surface area contributed by atoms with Crippen molar-refractivity contribution >= 4 is 49.2 Å². The molecule has 2 aromatic rings. The number of benzene rings is 2. The van der Waals surface area contributed by atoms with Gasteiger partial charge in [-0.25, -0.2) is 0 Å². The third kappa shape index (κ3) is 4.23. The van der Waals surface area contributed by atoms with Gasteiger partial charge in [0.1, 0.15) is 22.2 Å². The second-order valence-electron chi connectivity index (χ2n) is 8.44. The number of hydrogen-bond donors (Lipinski definition) is 0. The molecule has 1 heterocycles. The molecule has 5 rings (SSSR count). The Kier molecular flexibility index (Phi) is 6.16. The van der Waals surface area contributed by atoms with Crippen LogP contribution < -0.4 is 4.18 Å². The van der Waals surface area contributed by atoms with E-state index in [0.29, 0.717) is 76.2 Å². The number of carbonyl (C=O) groups excluding carboxylic acids is 2. The van der Waals surface area contributed by atoms with Gasteiger partial charge in [-0.1, -0.05) is 27.5 Å². The Morgan fingerprint density at radius 1 is 0.882 bits per heavy atom. The summed E-state index contributed by atoms with van der Waals surface area (Å²) in [6.07, 6.45) is 3.23. The third-order valence-electron chi connectivity index (χ3n) is 6.23. The Morgan fingerprint density at radius 3 is 2.06 bits per heavy atom. The summed E-state index contributed by atoms with van der Waals surface area (Å²) >= 11 is 9.35. The van der Waals surface area contributed by atoms with E-state index in [-0.39, 0.29) is 22.2 Å². The lowest BCUT2D eigenvalue weighted by Gasteiger charge is -2.36. The van der Waals surface area contributed by atoms with Crippen LogP contribution in [0.1, 0.15) is 50.0 Å². The number of rotatable bonds is 4. The van der Waals surface area contributed by atoms with Crippen LogP contribution >= 0.6 is 27.5 Å². The largest absolute Gasteiger partial charge is 0.465 e. The first kappa shape index (κ1) is 23.3. The topological polar surface area (TPSA) is 86.7 Å². The predicted molar refractivity (Wildman–Crippen MR) is 129 cm³/mol. The van der Waals surface area contributed by atoms with Gasteiger partial charge < -0.3 is 8.92 Å². The molecule has 0 fully saturated rings. The minimum Gasteiger partial charge on any atom is -0.465 e. The van der Waals surface area contributed by atoms with Crippen LogP contribution in [0, 0.1) is 0 Å². The Hall–Kier alpha value is -2.42. The molecule has 3 aliphatic rings. The van der Waals surface area contributed by atoms with Crippen molar-refractivity contribution in [3.63, 3.8) is 0 Å². The maximum atomic E-state index is 13.1. The molecule has 0 aromatic heterocycles. The van der Waals surface area contributed by atoms with Crippen molar-refractivity contribution in [3.05, 3.63) is 80.2 Å². The highest BCUT2D eigenvalue weighted by Gasteiger charge is 2.43. The quantitative estimate of drug-likeness (QED) is 0.424. The van der Waals surface area contributed by atoms with E-state index < -0.39 is 16.0 Å². The molecule has 9 heteroatoms. The van der Waals surface area contributed by atoms with Crippen LogP contribution in [0.5, 0.6) is 5.75 Å². The number of ether oxygens (including phenoxy) is 1. The second-order valence-corrected chi connectivity index (χ2v) is 11.3. The van der Waals surface area contributed by atoms with Gasteiger partial charge >= 0.3 is 10.1 Å². The highest BCUT2D eigenvalue weighted by atomic mass is 79.9. The Morgan fingerprint density at radius 2 is 1.47 bits per heavy atom. The van der Waals surface area contributed by atoms with Gasteiger partial charge in [0.05, 0.1) is 5.92 Å². The molecule has 2 aliphatic carbocycles. The molecule has 176 valence electrons. The summed E-state index contributed by atoms with van der Waals surface area (Å²) in [6.45, 7) is 0. The summed E-state index contributed by atoms with van der Waals surface area (Å²) in [5, 5.41) is 0.399. The number of ketones is 2. The lowest BCUT2D eigenvalue weighted by atomic mass is 9.73. The summed E-state index contributed by atoms with van der Waals surface area (Å²) in [6, 6.07) is 10.6. The van der Waals surface area contributed by atoms with Gasteiger partial charge in [-0.3, -0.25) is 9.59 Å². The Bertz CT molecular complexity index is 1330. The SMILES string of the molecule is O=C1CCCC2=C1C(c1cc(Br)ccc1OS(=O)(=O)c1ccc(Cl)cc1)C1=C(CCCC1=O)O2. The van der Waals surface area contributed by atoms with Gasteiger partial charge in [0.25, 0.3) is 0 Å². The van der Waals surface area contributed by atoms with Crippen LogP contribution in [-0.4, -0.2) is 20.0 Å². The summed E-state index contributed by atoms with van der Waals surface area (Å²) in [5.41, 5.74) is 1.28. The summed E-state index contributed by atoms with van der Waals surface area (Å²) in [7, 11) is -4.20. The second kappa shape index (κ2) is 8.98. The average molecular weight is 564 g/mol. The van der Waals surface area contributed by atoms with Crippen LogP contribution in [0.15, 0.2) is 74.5 Å². The van der Waals surface area contributed by atoms with Crippen LogP contribution in [0.4, 0.5) is 0 Å². The van der Waals surface area contributed by atoms with E-state index >= 15 is 0 Å². The van der Waals surface area contributed by atoms with Gasteiger partial charge in [-0.2, -0.15) is 8.42 Å². The lowest BCUT2D eigenvalue weighted by Crippen LogP contribution is -2.30. The van der Waals surface area contributed by atoms with Crippen molar-refractivity contribution in [2.24, 2.45) is 0 Å². The average Bonchev–Trinajstić information content (AvgIpc) is 2.79. The molecule has 2 aromatic carbocycles. The van der Waals surface area contributed by atoms with Crippen molar-refractivity contribution in [3.8, 4) is 5.75 Å². The molecule has 0 amide bonds. The van der Waals surface area contributed by atoms with Gasteiger partial charge in [-0.05, 0) is 55.3 Å². The van der Waals surface area contributed by atoms with Crippen molar-refractivity contribution in [2.75, 3.05) is 0 Å². The van der Waals surface area contributed by atoms with E-state index in [0.717, 1.165) is 0 Å². The zero-order valence-electron chi connectivity index (χ0n) is 18.0. The molecule has 0 saturated heterocycles. The molecule has 0 unspecified atom stereocenters. The third-order valence-corrected chi connectivity index (χ3v) is 8.22.